The highest BCUT2D eigenvalue weighted by molar-refractivity contribution is 5.67. The van der Waals surface area contributed by atoms with Gasteiger partial charge in [-0.2, -0.15) is 5.26 Å². The SMILES string of the molecule is CCN(CCC(=O)O)c1cnc(C#N)cn1. The fourth-order valence-electron chi connectivity index (χ4n) is 1.21. The molecule has 1 aromatic rings. The van der Waals surface area contributed by atoms with Gasteiger partial charge in [0.25, 0.3) is 0 Å². The molecule has 1 heterocycles. The quantitative estimate of drug-likeness (QED) is 0.783. The summed E-state index contributed by atoms with van der Waals surface area (Å²) in [6.07, 6.45) is 2.90. The van der Waals surface area contributed by atoms with E-state index in [-0.39, 0.29) is 12.1 Å². The number of carbonyl (C=O) groups is 1. The molecular weight excluding hydrogens is 208 g/mol. The van der Waals surface area contributed by atoms with Gasteiger partial charge in [0.05, 0.1) is 18.8 Å². The molecule has 0 aliphatic rings. The minimum Gasteiger partial charge on any atom is -0.481 e. The number of rotatable bonds is 5. The second kappa shape index (κ2) is 5.66. The van der Waals surface area contributed by atoms with Crippen LogP contribution in [0.3, 0.4) is 0 Å². The van der Waals surface area contributed by atoms with Crippen molar-refractivity contribution in [2.75, 3.05) is 18.0 Å². The third-order valence-electron chi connectivity index (χ3n) is 2.05. The van der Waals surface area contributed by atoms with Crippen LogP contribution in [0.4, 0.5) is 5.82 Å². The van der Waals surface area contributed by atoms with Crippen molar-refractivity contribution >= 4 is 11.8 Å². The number of carboxylic acid groups (broad SMARTS) is 1. The number of hydrogen-bond acceptors (Lipinski definition) is 5. The van der Waals surface area contributed by atoms with Gasteiger partial charge in [0.1, 0.15) is 11.9 Å². The van der Waals surface area contributed by atoms with Gasteiger partial charge in [-0.05, 0) is 6.92 Å². The summed E-state index contributed by atoms with van der Waals surface area (Å²) in [6, 6.07) is 1.88. The van der Waals surface area contributed by atoms with Gasteiger partial charge >= 0.3 is 5.97 Å². The van der Waals surface area contributed by atoms with Crippen LogP contribution >= 0.6 is 0 Å². The van der Waals surface area contributed by atoms with Crippen molar-refractivity contribution in [1.29, 1.82) is 5.26 Å². The first-order chi connectivity index (χ1) is 7.67. The van der Waals surface area contributed by atoms with Gasteiger partial charge in [0.15, 0.2) is 5.69 Å². The summed E-state index contributed by atoms with van der Waals surface area (Å²) in [5.41, 5.74) is 0.248. The molecule has 0 saturated carbocycles. The smallest absolute Gasteiger partial charge is 0.305 e. The molecule has 0 radical (unpaired) electrons. The molecule has 0 saturated heterocycles. The van der Waals surface area contributed by atoms with Crippen molar-refractivity contribution in [1.82, 2.24) is 9.97 Å². The van der Waals surface area contributed by atoms with Crippen molar-refractivity contribution < 1.29 is 9.90 Å². The van der Waals surface area contributed by atoms with E-state index in [0.717, 1.165) is 0 Å². The second-order valence-electron chi connectivity index (χ2n) is 3.10. The highest BCUT2D eigenvalue weighted by Crippen LogP contribution is 2.08. The van der Waals surface area contributed by atoms with Gasteiger partial charge in [-0.3, -0.25) is 4.79 Å². The zero-order valence-corrected chi connectivity index (χ0v) is 8.92. The first-order valence-electron chi connectivity index (χ1n) is 4.86. The van der Waals surface area contributed by atoms with Gasteiger partial charge in [0, 0.05) is 13.1 Å². The van der Waals surface area contributed by atoms with E-state index in [1.54, 1.807) is 4.90 Å². The van der Waals surface area contributed by atoms with Crippen LogP contribution in [0.25, 0.3) is 0 Å². The maximum absolute atomic E-state index is 10.4. The third-order valence-corrected chi connectivity index (χ3v) is 2.05. The summed E-state index contributed by atoms with van der Waals surface area (Å²) in [4.78, 5) is 20.2. The Bertz CT molecular complexity index is 396. The largest absolute Gasteiger partial charge is 0.481 e. The Morgan fingerprint density at radius 3 is 2.75 bits per heavy atom. The van der Waals surface area contributed by atoms with Crippen LogP contribution in [0, 0.1) is 11.3 Å². The standard InChI is InChI=1S/C10H12N4O2/c1-2-14(4-3-10(15)16)9-7-12-8(5-11)6-13-9/h6-7H,2-4H2,1H3,(H,15,16). The minimum atomic E-state index is -0.847. The molecule has 0 spiro atoms. The molecule has 0 bridgehead atoms. The normalized spacial score (nSPS) is 9.50. The fraction of sp³-hybridized carbons (Fsp3) is 0.400. The molecule has 0 fully saturated rings. The molecule has 0 unspecified atom stereocenters. The lowest BCUT2D eigenvalue weighted by Crippen LogP contribution is -2.26. The summed E-state index contributed by atoms with van der Waals surface area (Å²) < 4.78 is 0. The van der Waals surface area contributed by atoms with Crippen molar-refractivity contribution in [2.24, 2.45) is 0 Å². The molecule has 84 valence electrons. The number of aromatic nitrogens is 2. The lowest BCUT2D eigenvalue weighted by Gasteiger charge is -2.20. The first kappa shape index (κ1) is 11.9. The number of aliphatic carboxylic acids is 1. The number of anilines is 1. The zero-order chi connectivity index (χ0) is 12.0. The Hall–Kier alpha value is -2.16. The Balaban J connectivity index is 2.71. The van der Waals surface area contributed by atoms with Crippen LogP contribution in [-0.4, -0.2) is 34.1 Å². The predicted octanol–water partition coefficient (Wildman–Crippen LogP) is 0.649. The van der Waals surface area contributed by atoms with E-state index in [9.17, 15) is 4.79 Å². The second-order valence-corrected chi connectivity index (χ2v) is 3.10. The summed E-state index contributed by atoms with van der Waals surface area (Å²) >= 11 is 0. The van der Waals surface area contributed by atoms with E-state index in [4.69, 9.17) is 10.4 Å². The predicted molar refractivity (Wildman–Crippen MR) is 56.9 cm³/mol. The number of nitriles is 1. The number of carboxylic acids is 1. The Kier molecular flexibility index (Phi) is 4.21. The van der Waals surface area contributed by atoms with Crippen molar-refractivity contribution in [2.45, 2.75) is 13.3 Å². The molecule has 1 N–H and O–H groups in total. The Morgan fingerprint density at radius 2 is 2.31 bits per heavy atom. The van der Waals surface area contributed by atoms with E-state index in [1.807, 2.05) is 13.0 Å². The summed E-state index contributed by atoms with van der Waals surface area (Å²) in [5.74, 6) is -0.261. The maximum atomic E-state index is 10.4. The highest BCUT2D eigenvalue weighted by Gasteiger charge is 2.08. The van der Waals surface area contributed by atoms with E-state index in [2.05, 4.69) is 9.97 Å². The summed E-state index contributed by atoms with van der Waals surface area (Å²) in [7, 11) is 0. The lowest BCUT2D eigenvalue weighted by atomic mass is 10.3. The lowest BCUT2D eigenvalue weighted by molar-refractivity contribution is -0.136. The van der Waals surface area contributed by atoms with Gasteiger partial charge in [-0.1, -0.05) is 0 Å². The van der Waals surface area contributed by atoms with Gasteiger partial charge in [-0.15, -0.1) is 0 Å². The number of hydrogen-bond donors (Lipinski definition) is 1. The van der Waals surface area contributed by atoms with Gasteiger partial charge in [0.2, 0.25) is 0 Å². The molecular formula is C10H12N4O2. The molecule has 1 aromatic heterocycles. The number of nitrogens with zero attached hydrogens (tertiary/aromatic N) is 4. The third kappa shape index (κ3) is 3.20. The molecule has 0 aromatic carbocycles. The Morgan fingerprint density at radius 1 is 1.56 bits per heavy atom. The van der Waals surface area contributed by atoms with E-state index < -0.39 is 5.97 Å². The van der Waals surface area contributed by atoms with Crippen LogP contribution in [0.1, 0.15) is 19.0 Å². The van der Waals surface area contributed by atoms with Crippen molar-refractivity contribution in [3.05, 3.63) is 18.1 Å². The molecule has 0 aliphatic carbocycles. The van der Waals surface area contributed by atoms with Crippen molar-refractivity contribution in [3.8, 4) is 6.07 Å². The fourth-order valence-corrected chi connectivity index (χ4v) is 1.21. The van der Waals surface area contributed by atoms with Crippen LogP contribution in [-0.2, 0) is 4.79 Å². The molecule has 0 amide bonds. The van der Waals surface area contributed by atoms with Crippen molar-refractivity contribution in [3.63, 3.8) is 0 Å². The average Bonchev–Trinajstić information content (AvgIpc) is 2.30. The van der Waals surface area contributed by atoms with Crippen LogP contribution in [0.5, 0.6) is 0 Å². The molecule has 0 atom stereocenters. The van der Waals surface area contributed by atoms with Crippen LogP contribution < -0.4 is 4.90 Å². The zero-order valence-electron chi connectivity index (χ0n) is 8.92. The average molecular weight is 220 g/mol. The highest BCUT2D eigenvalue weighted by atomic mass is 16.4. The molecule has 0 aliphatic heterocycles. The molecule has 6 heteroatoms. The topological polar surface area (TPSA) is 90.1 Å². The Labute approximate surface area is 93.2 Å². The monoisotopic (exact) mass is 220 g/mol. The van der Waals surface area contributed by atoms with E-state index in [1.165, 1.54) is 12.4 Å². The van der Waals surface area contributed by atoms with Crippen LogP contribution in [0.15, 0.2) is 12.4 Å². The first-order valence-corrected chi connectivity index (χ1v) is 4.86. The minimum absolute atomic E-state index is 0.0511. The molecule has 16 heavy (non-hydrogen) atoms. The maximum Gasteiger partial charge on any atom is 0.305 e. The van der Waals surface area contributed by atoms with E-state index in [0.29, 0.717) is 18.9 Å². The van der Waals surface area contributed by atoms with Gasteiger partial charge in [-0.25, -0.2) is 9.97 Å². The van der Waals surface area contributed by atoms with Crippen LogP contribution in [0.2, 0.25) is 0 Å². The van der Waals surface area contributed by atoms with E-state index >= 15 is 0 Å². The van der Waals surface area contributed by atoms with Gasteiger partial charge < -0.3 is 10.0 Å². The molecule has 1 rings (SSSR count). The summed E-state index contributed by atoms with van der Waals surface area (Å²) in [5, 5.41) is 17.1. The molecule has 6 nitrogen and oxygen atoms in total. The summed E-state index contributed by atoms with van der Waals surface area (Å²) in [6.45, 7) is 2.93.